The standard InChI is InChI=1S/C17H14BrNOS/c1-19(17(20)15-8-9-16(18)21-15)11-12-6-7-13-4-2-3-5-14(13)10-12/h2-10H,11H2,1H3. The van der Waals surface area contributed by atoms with E-state index in [0.717, 1.165) is 14.2 Å². The van der Waals surface area contributed by atoms with Crippen LogP contribution < -0.4 is 0 Å². The highest BCUT2D eigenvalue weighted by Crippen LogP contribution is 2.24. The molecular formula is C17H14BrNOS. The van der Waals surface area contributed by atoms with Crippen molar-refractivity contribution in [3.63, 3.8) is 0 Å². The molecule has 4 heteroatoms. The maximum atomic E-state index is 12.3. The Morgan fingerprint density at radius 1 is 1.10 bits per heavy atom. The van der Waals surface area contributed by atoms with E-state index < -0.39 is 0 Å². The summed E-state index contributed by atoms with van der Waals surface area (Å²) in [5.74, 6) is 0.0545. The number of hydrogen-bond acceptors (Lipinski definition) is 2. The number of carbonyl (C=O) groups excluding carboxylic acids is 1. The predicted molar refractivity (Wildman–Crippen MR) is 91.8 cm³/mol. The zero-order valence-electron chi connectivity index (χ0n) is 11.5. The molecule has 1 aromatic heterocycles. The monoisotopic (exact) mass is 359 g/mol. The first-order valence-corrected chi connectivity index (χ1v) is 8.23. The lowest BCUT2D eigenvalue weighted by Gasteiger charge is -2.16. The van der Waals surface area contributed by atoms with Crippen molar-refractivity contribution in [3.8, 4) is 0 Å². The third-order valence-electron chi connectivity index (χ3n) is 3.36. The molecule has 2 aromatic carbocycles. The van der Waals surface area contributed by atoms with Crippen molar-refractivity contribution in [1.82, 2.24) is 4.90 Å². The van der Waals surface area contributed by atoms with Gasteiger partial charge in [0.05, 0.1) is 8.66 Å². The van der Waals surface area contributed by atoms with Gasteiger partial charge in [-0.25, -0.2) is 0 Å². The van der Waals surface area contributed by atoms with Crippen LogP contribution in [0.25, 0.3) is 10.8 Å². The van der Waals surface area contributed by atoms with Crippen LogP contribution in [0.4, 0.5) is 0 Å². The fourth-order valence-electron chi connectivity index (χ4n) is 2.30. The van der Waals surface area contributed by atoms with Gasteiger partial charge in [-0.15, -0.1) is 11.3 Å². The van der Waals surface area contributed by atoms with Gasteiger partial charge in [0.1, 0.15) is 0 Å². The summed E-state index contributed by atoms with van der Waals surface area (Å²) in [5, 5.41) is 2.42. The molecule has 106 valence electrons. The first kappa shape index (κ1) is 14.3. The summed E-state index contributed by atoms with van der Waals surface area (Å²) in [7, 11) is 1.84. The van der Waals surface area contributed by atoms with Crippen LogP contribution in [-0.4, -0.2) is 17.9 Å². The zero-order chi connectivity index (χ0) is 14.8. The van der Waals surface area contributed by atoms with E-state index in [-0.39, 0.29) is 5.91 Å². The van der Waals surface area contributed by atoms with E-state index in [2.05, 4.69) is 46.3 Å². The van der Waals surface area contributed by atoms with Gasteiger partial charge in [-0.3, -0.25) is 4.79 Å². The van der Waals surface area contributed by atoms with Crippen molar-refractivity contribution in [2.45, 2.75) is 6.54 Å². The minimum Gasteiger partial charge on any atom is -0.337 e. The highest BCUT2D eigenvalue weighted by atomic mass is 79.9. The van der Waals surface area contributed by atoms with E-state index in [1.165, 1.54) is 22.1 Å². The molecule has 0 saturated carbocycles. The Morgan fingerprint density at radius 2 is 1.86 bits per heavy atom. The topological polar surface area (TPSA) is 20.3 Å². The molecule has 0 aliphatic rings. The molecule has 0 radical (unpaired) electrons. The van der Waals surface area contributed by atoms with Crippen LogP contribution in [0.3, 0.4) is 0 Å². The van der Waals surface area contributed by atoms with Crippen LogP contribution in [0, 0.1) is 0 Å². The summed E-state index contributed by atoms with van der Waals surface area (Å²) < 4.78 is 0.977. The number of rotatable bonds is 3. The van der Waals surface area contributed by atoms with Gasteiger partial charge in [0.25, 0.3) is 5.91 Å². The van der Waals surface area contributed by atoms with Crippen molar-refractivity contribution < 1.29 is 4.79 Å². The molecular weight excluding hydrogens is 346 g/mol. The fraction of sp³-hybridized carbons (Fsp3) is 0.118. The van der Waals surface area contributed by atoms with Gasteiger partial charge in [-0.2, -0.15) is 0 Å². The fourth-order valence-corrected chi connectivity index (χ4v) is 3.68. The van der Waals surface area contributed by atoms with Gasteiger partial charge in [0.15, 0.2) is 0 Å². The molecule has 0 aliphatic heterocycles. The van der Waals surface area contributed by atoms with Gasteiger partial charge in [0, 0.05) is 13.6 Å². The summed E-state index contributed by atoms with van der Waals surface area (Å²) in [6, 6.07) is 18.3. The van der Waals surface area contributed by atoms with Gasteiger partial charge in [-0.05, 0) is 50.5 Å². The second kappa shape index (κ2) is 6.00. The molecule has 3 rings (SSSR count). The number of fused-ring (bicyclic) bond motifs is 1. The molecule has 0 atom stereocenters. The van der Waals surface area contributed by atoms with E-state index in [9.17, 15) is 4.79 Å². The first-order chi connectivity index (χ1) is 10.1. The van der Waals surface area contributed by atoms with E-state index in [4.69, 9.17) is 0 Å². The van der Waals surface area contributed by atoms with Crippen LogP contribution in [0.2, 0.25) is 0 Å². The van der Waals surface area contributed by atoms with Gasteiger partial charge >= 0.3 is 0 Å². The summed E-state index contributed by atoms with van der Waals surface area (Å²) >= 11 is 4.85. The first-order valence-electron chi connectivity index (χ1n) is 6.62. The lowest BCUT2D eigenvalue weighted by Crippen LogP contribution is -2.25. The van der Waals surface area contributed by atoms with Crippen LogP contribution in [-0.2, 0) is 6.54 Å². The SMILES string of the molecule is CN(Cc1ccc2ccccc2c1)C(=O)c1ccc(Br)s1. The predicted octanol–water partition coefficient (Wildman–Crippen LogP) is 4.94. The maximum Gasteiger partial charge on any atom is 0.264 e. The number of nitrogens with zero attached hydrogens (tertiary/aromatic N) is 1. The molecule has 3 aromatic rings. The van der Waals surface area contributed by atoms with Gasteiger partial charge in [-0.1, -0.05) is 36.4 Å². The Kier molecular flexibility index (Phi) is 4.08. The van der Waals surface area contributed by atoms with E-state index in [1.807, 2.05) is 31.3 Å². The maximum absolute atomic E-state index is 12.3. The summed E-state index contributed by atoms with van der Waals surface area (Å²) in [6.45, 7) is 0.610. The molecule has 0 saturated heterocycles. The third kappa shape index (κ3) is 3.17. The summed E-state index contributed by atoms with van der Waals surface area (Å²) in [4.78, 5) is 14.8. The molecule has 21 heavy (non-hydrogen) atoms. The molecule has 0 unspecified atom stereocenters. The van der Waals surface area contributed by atoms with E-state index in [0.29, 0.717) is 6.54 Å². The van der Waals surface area contributed by atoms with E-state index in [1.54, 1.807) is 4.90 Å². The highest BCUT2D eigenvalue weighted by molar-refractivity contribution is 9.11. The average molecular weight is 360 g/mol. The molecule has 0 bridgehead atoms. The van der Waals surface area contributed by atoms with Crippen molar-refractivity contribution in [2.24, 2.45) is 0 Å². The van der Waals surface area contributed by atoms with Crippen LogP contribution in [0.5, 0.6) is 0 Å². The molecule has 1 heterocycles. The molecule has 0 aliphatic carbocycles. The lowest BCUT2D eigenvalue weighted by atomic mass is 10.1. The van der Waals surface area contributed by atoms with Gasteiger partial charge in [0.2, 0.25) is 0 Å². The normalized spacial score (nSPS) is 10.8. The van der Waals surface area contributed by atoms with Gasteiger partial charge < -0.3 is 4.90 Å². The second-order valence-corrected chi connectivity index (χ2v) is 7.41. The van der Waals surface area contributed by atoms with E-state index >= 15 is 0 Å². The lowest BCUT2D eigenvalue weighted by molar-refractivity contribution is 0.0790. The van der Waals surface area contributed by atoms with Crippen molar-refractivity contribution >= 4 is 43.9 Å². The minimum absolute atomic E-state index is 0.0545. The number of benzene rings is 2. The number of amides is 1. The van der Waals surface area contributed by atoms with Crippen molar-refractivity contribution in [2.75, 3.05) is 7.05 Å². The summed E-state index contributed by atoms with van der Waals surface area (Å²) in [5.41, 5.74) is 1.14. The zero-order valence-corrected chi connectivity index (χ0v) is 13.9. The van der Waals surface area contributed by atoms with Crippen LogP contribution in [0.1, 0.15) is 15.2 Å². The second-order valence-electron chi connectivity index (χ2n) is 4.95. The number of thiophene rings is 1. The minimum atomic E-state index is 0.0545. The largest absolute Gasteiger partial charge is 0.337 e. The Hall–Kier alpha value is -1.65. The third-order valence-corrected chi connectivity index (χ3v) is 4.98. The quantitative estimate of drug-likeness (QED) is 0.648. The molecule has 0 fully saturated rings. The van der Waals surface area contributed by atoms with Crippen molar-refractivity contribution in [1.29, 1.82) is 0 Å². The highest BCUT2D eigenvalue weighted by Gasteiger charge is 2.14. The Labute approximate surface area is 136 Å². The number of carbonyl (C=O) groups is 1. The smallest absolute Gasteiger partial charge is 0.264 e. The molecule has 1 amide bonds. The summed E-state index contributed by atoms with van der Waals surface area (Å²) in [6.07, 6.45) is 0. The molecule has 2 nitrogen and oxygen atoms in total. The molecule has 0 spiro atoms. The number of hydrogen-bond donors (Lipinski definition) is 0. The Balaban J connectivity index is 1.79. The Morgan fingerprint density at radius 3 is 2.57 bits per heavy atom. The molecule has 0 N–H and O–H groups in total. The van der Waals surface area contributed by atoms with Crippen molar-refractivity contribution in [3.05, 3.63) is 68.8 Å². The number of halogens is 1. The Bertz CT molecular complexity index is 796. The van der Waals surface area contributed by atoms with Crippen LogP contribution >= 0.6 is 27.3 Å². The van der Waals surface area contributed by atoms with Crippen LogP contribution in [0.15, 0.2) is 58.4 Å². The average Bonchev–Trinajstić information content (AvgIpc) is 2.93.